The molecule has 1 heterocycles. The molecule has 25 heavy (non-hydrogen) atoms. The molecule has 1 N–H and O–H groups in total. The minimum absolute atomic E-state index is 0.160. The van der Waals surface area contributed by atoms with Gasteiger partial charge in [0.2, 0.25) is 5.91 Å². The van der Waals surface area contributed by atoms with Gasteiger partial charge in [0.15, 0.2) is 0 Å². The van der Waals surface area contributed by atoms with Crippen molar-refractivity contribution in [2.75, 3.05) is 31.2 Å². The van der Waals surface area contributed by atoms with Crippen molar-refractivity contribution in [3.05, 3.63) is 65.5 Å². The number of amides is 1. The molecule has 0 unspecified atom stereocenters. The first-order valence-electron chi connectivity index (χ1n) is 8.20. The maximum atomic E-state index is 12.8. The van der Waals surface area contributed by atoms with Crippen molar-refractivity contribution in [1.82, 2.24) is 5.43 Å². The summed E-state index contributed by atoms with van der Waals surface area (Å²) in [5.41, 5.74) is 5.28. The number of morpholine rings is 1. The first-order valence-corrected chi connectivity index (χ1v) is 8.20. The average molecular weight is 341 g/mol. The lowest BCUT2D eigenvalue weighted by Crippen LogP contribution is -2.36. The fraction of sp³-hybridized carbons (Fsp3) is 0.263. The van der Waals surface area contributed by atoms with Gasteiger partial charge in [-0.2, -0.15) is 5.10 Å². The second kappa shape index (κ2) is 8.39. The number of rotatable bonds is 5. The van der Waals surface area contributed by atoms with E-state index < -0.39 is 0 Å². The van der Waals surface area contributed by atoms with Gasteiger partial charge in [-0.05, 0) is 35.4 Å². The van der Waals surface area contributed by atoms with Crippen molar-refractivity contribution in [1.29, 1.82) is 0 Å². The van der Waals surface area contributed by atoms with Gasteiger partial charge in [0.1, 0.15) is 5.82 Å². The highest BCUT2D eigenvalue weighted by molar-refractivity contribution is 5.83. The molecule has 0 atom stereocenters. The fourth-order valence-electron chi connectivity index (χ4n) is 2.60. The van der Waals surface area contributed by atoms with E-state index in [0.29, 0.717) is 0 Å². The third-order valence-corrected chi connectivity index (χ3v) is 3.95. The maximum Gasteiger partial charge on any atom is 0.244 e. The molecule has 1 aliphatic rings. The number of hydrogen-bond donors (Lipinski definition) is 1. The number of carbonyl (C=O) groups is 1. The Kier molecular flexibility index (Phi) is 5.74. The number of carbonyl (C=O) groups excluding carboxylic acids is 1. The van der Waals surface area contributed by atoms with Crippen molar-refractivity contribution < 1.29 is 13.9 Å². The van der Waals surface area contributed by atoms with Crippen LogP contribution in [0.4, 0.5) is 10.1 Å². The second-order valence-corrected chi connectivity index (χ2v) is 5.79. The Labute approximate surface area is 146 Å². The van der Waals surface area contributed by atoms with Gasteiger partial charge in [-0.1, -0.05) is 24.3 Å². The van der Waals surface area contributed by atoms with Crippen LogP contribution in [0.2, 0.25) is 0 Å². The third-order valence-electron chi connectivity index (χ3n) is 3.95. The van der Waals surface area contributed by atoms with Crippen molar-refractivity contribution in [3.8, 4) is 0 Å². The Balaban J connectivity index is 1.49. The molecule has 3 rings (SSSR count). The Morgan fingerprint density at radius 3 is 2.48 bits per heavy atom. The van der Waals surface area contributed by atoms with Crippen LogP contribution in [-0.4, -0.2) is 38.4 Å². The Hall–Kier alpha value is -2.73. The SMILES string of the molecule is O=C(Cc1ccc(F)cc1)N/N=C/c1ccc(N2CCOCC2)cc1. The minimum atomic E-state index is -0.317. The number of nitrogens with one attached hydrogen (secondary N) is 1. The van der Waals surface area contributed by atoms with Gasteiger partial charge < -0.3 is 9.64 Å². The molecule has 0 saturated carbocycles. The van der Waals surface area contributed by atoms with E-state index in [4.69, 9.17) is 4.74 Å². The van der Waals surface area contributed by atoms with Crippen molar-refractivity contribution in [2.24, 2.45) is 5.10 Å². The number of hydrogen-bond acceptors (Lipinski definition) is 4. The van der Waals surface area contributed by atoms with Crippen LogP contribution in [0.15, 0.2) is 53.6 Å². The lowest BCUT2D eigenvalue weighted by Gasteiger charge is -2.28. The van der Waals surface area contributed by atoms with E-state index in [-0.39, 0.29) is 18.1 Å². The molecular formula is C19H20FN3O2. The van der Waals surface area contributed by atoms with Crippen molar-refractivity contribution in [3.63, 3.8) is 0 Å². The molecule has 0 bridgehead atoms. The van der Waals surface area contributed by atoms with Crippen LogP contribution >= 0.6 is 0 Å². The molecule has 1 saturated heterocycles. The summed E-state index contributed by atoms with van der Waals surface area (Å²) in [6, 6.07) is 13.8. The topological polar surface area (TPSA) is 53.9 Å². The van der Waals surface area contributed by atoms with Gasteiger partial charge in [-0.15, -0.1) is 0 Å². The zero-order valence-electron chi connectivity index (χ0n) is 13.8. The summed E-state index contributed by atoms with van der Waals surface area (Å²) < 4.78 is 18.2. The van der Waals surface area contributed by atoms with Crippen LogP contribution in [0, 0.1) is 5.82 Å². The Morgan fingerprint density at radius 2 is 1.80 bits per heavy atom. The maximum absolute atomic E-state index is 12.8. The highest BCUT2D eigenvalue weighted by atomic mass is 19.1. The highest BCUT2D eigenvalue weighted by Crippen LogP contribution is 2.15. The van der Waals surface area contributed by atoms with E-state index in [2.05, 4.69) is 15.4 Å². The lowest BCUT2D eigenvalue weighted by atomic mass is 10.1. The molecule has 1 amide bonds. The average Bonchev–Trinajstić information content (AvgIpc) is 2.65. The quantitative estimate of drug-likeness (QED) is 0.671. The molecule has 2 aromatic rings. The van der Waals surface area contributed by atoms with Crippen LogP contribution in [0.1, 0.15) is 11.1 Å². The summed E-state index contributed by atoms with van der Waals surface area (Å²) in [6.45, 7) is 3.30. The molecular weight excluding hydrogens is 321 g/mol. The molecule has 1 fully saturated rings. The first-order chi connectivity index (χ1) is 12.2. The van der Waals surface area contributed by atoms with Gasteiger partial charge in [0.25, 0.3) is 0 Å². The van der Waals surface area contributed by atoms with Gasteiger partial charge >= 0.3 is 0 Å². The Bertz CT molecular complexity index is 723. The summed E-state index contributed by atoms with van der Waals surface area (Å²) in [6.07, 6.45) is 1.76. The summed E-state index contributed by atoms with van der Waals surface area (Å²) in [5.74, 6) is -0.560. The van der Waals surface area contributed by atoms with E-state index in [1.165, 1.54) is 12.1 Å². The molecule has 0 spiro atoms. The summed E-state index contributed by atoms with van der Waals surface area (Å²) in [7, 11) is 0. The summed E-state index contributed by atoms with van der Waals surface area (Å²) in [5, 5.41) is 3.97. The normalized spacial score (nSPS) is 14.7. The van der Waals surface area contributed by atoms with E-state index >= 15 is 0 Å². The smallest absolute Gasteiger partial charge is 0.244 e. The van der Waals surface area contributed by atoms with E-state index in [0.717, 1.165) is 43.1 Å². The van der Waals surface area contributed by atoms with Crippen molar-refractivity contribution >= 4 is 17.8 Å². The van der Waals surface area contributed by atoms with Crippen LogP contribution < -0.4 is 10.3 Å². The second-order valence-electron chi connectivity index (χ2n) is 5.79. The third kappa shape index (κ3) is 5.12. The van der Waals surface area contributed by atoms with Crippen LogP contribution in [0.5, 0.6) is 0 Å². The predicted octanol–water partition coefficient (Wildman–Crippen LogP) is 2.36. The molecule has 0 aliphatic carbocycles. The van der Waals surface area contributed by atoms with Crippen LogP contribution in [-0.2, 0) is 16.0 Å². The van der Waals surface area contributed by atoms with Crippen LogP contribution in [0.3, 0.4) is 0 Å². The number of halogens is 1. The van der Waals surface area contributed by atoms with Gasteiger partial charge in [0, 0.05) is 18.8 Å². The summed E-state index contributed by atoms with van der Waals surface area (Å²) >= 11 is 0. The number of ether oxygens (including phenoxy) is 1. The first kappa shape index (κ1) is 17.1. The highest BCUT2D eigenvalue weighted by Gasteiger charge is 2.10. The zero-order valence-corrected chi connectivity index (χ0v) is 13.8. The standard InChI is InChI=1S/C19H20FN3O2/c20-17-5-1-15(2-6-17)13-19(24)22-21-14-16-3-7-18(8-4-16)23-9-11-25-12-10-23/h1-8,14H,9-13H2,(H,22,24)/b21-14+. The molecule has 130 valence electrons. The molecule has 5 nitrogen and oxygen atoms in total. The molecule has 2 aromatic carbocycles. The van der Waals surface area contributed by atoms with E-state index in [1.54, 1.807) is 18.3 Å². The molecule has 1 aliphatic heterocycles. The van der Waals surface area contributed by atoms with Crippen LogP contribution in [0.25, 0.3) is 0 Å². The van der Waals surface area contributed by atoms with Gasteiger partial charge in [0.05, 0.1) is 25.8 Å². The van der Waals surface area contributed by atoms with Crippen molar-refractivity contribution in [2.45, 2.75) is 6.42 Å². The lowest BCUT2D eigenvalue weighted by molar-refractivity contribution is -0.120. The molecule has 6 heteroatoms. The Morgan fingerprint density at radius 1 is 1.12 bits per heavy atom. The van der Waals surface area contributed by atoms with Gasteiger partial charge in [-0.25, -0.2) is 9.82 Å². The zero-order chi connectivity index (χ0) is 17.5. The number of nitrogens with zero attached hydrogens (tertiary/aromatic N) is 2. The van der Waals surface area contributed by atoms with E-state index in [9.17, 15) is 9.18 Å². The summed E-state index contributed by atoms with van der Waals surface area (Å²) in [4.78, 5) is 14.1. The largest absolute Gasteiger partial charge is 0.378 e. The molecule has 0 radical (unpaired) electrons. The number of anilines is 1. The predicted molar refractivity (Wildman–Crippen MR) is 95.3 cm³/mol. The fourth-order valence-corrected chi connectivity index (χ4v) is 2.60. The molecule has 0 aromatic heterocycles. The number of benzene rings is 2. The minimum Gasteiger partial charge on any atom is -0.378 e. The number of hydrazone groups is 1. The van der Waals surface area contributed by atoms with Gasteiger partial charge in [-0.3, -0.25) is 4.79 Å². The monoisotopic (exact) mass is 341 g/mol. The van der Waals surface area contributed by atoms with E-state index in [1.807, 2.05) is 24.3 Å².